The summed E-state index contributed by atoms with van der Waals surface area (Å²) in [6.45, 7) is 6.71. The third kappa shape index (κ3) is 2.49. The normalized spacial score (nSPS) is 27.5. The van der Waals surface area contributed by atoms with Crippen molar-refractivity contribution in [3.05, 3.63) is 28.8 Å². The van der Waals surface area contributed by atoms with Crippen LogP contribution in [0, 0.1) is 24.2 Å². The fraction of sp³-hybridized carbons (Fsp3) is 0.632. The second-order valence-corrected chi connectivity index (χ2v) is 7.56. The SMILES string of the molecule is COc1cc2c(cc1C)C(=O)CC1C(CCCC1(C)C)C2. The Hall–Kier alpha value is -1.31. The molecule has 2 aliphatic carbocycles. The number of carbonyl (C=O) groups excluding carboxylic acids is 1. The van der Waals surface area contributed by atoms with Crippen LogP contribution >= 0.6 is 0 Å². The van der Waals surface area contributed by atoms with Gasteiger partial charge in [0, 0.05) is 12.0 Å². The molecule has 0 N–H and O–H groups in total. The molecule has 2 atom stereocenters. The molecule has 2 aliphatic rings. The fourth-order valence-electron chi connectivity index (χ4n) is 4.50. The number of ketones is 1. The summed E-state index contributed by atoms with van der Waals surface area (Å²) in [6.07, 6.45) is 5.56. The van der Waals surface area contributed by atoms with Crippen molar-refractivity contribution in [2.45, 2.75) is 52.9 Å². The van der Waals surface area contributed by atoms with E-state index in [4.69, 9.17) is 4.74 Å². The van der Waals surface area contributed by atoms with Crippen LogP contribution < -0.4 is 4.74 Å². The number of methoxy groups -OCH3 is 1. The van der Waals surface area contributed by atoms with E-state index >= 15 is 0 Å². The number of fused-ring (bicyclic) bond motifs is 2. The molecule has 1 fully saturated rings. The van der Waals surface area contributed by atoms with E-state index < -0.39 is 0 Å². The summed E-state index contributed by atoms with van der Waals surface area (Å²) < 4.78 is 5.45. The second kappa shape index (κ2) is 5.15. The molecule has 0 spiro atoms. The molecule has 0 saturated heterocycles. The maximum Gasteiger partial charge on any atom is 0.163 e. The Morgan fingerprint density at radius 1 is 1.24 bits per heavy atom. The molecule has 21 heavy (non-hydrogen) atoms. The second-order valence-electron chi connectivity index (χ2n) is 7.56. The van der Waals surface area contributed by atoms with Crippen molar-refractivity contribution >= 4 is 5.78 Å². The van der Waals surface area contributed by atoms with Crippen LogP contribution in [0.2, 0.25) is 0 Å². The molecular weight excluding hydrogens is 260 g/mol. The van der Waals surface area contributed by atoms with Gasteiger partial charge in [0.25, 0.3) is 0 Å². The highest BCUT2D eigenvalue weighted by molar-refractivity contribution is 5.98. The van der Waals surface area contributed by atoms with Crippen molar-refractivity contribution in [3.63, 3.8) is 0 Å². The lowest BCUT2D eigenvalue weighted by Crippen LogP contribution is -2.36. The Labute approximate surface area is 127 Å². The molecule has 0 amide bonds. The first-order valence-electron chi connectivity index (χ1n) is 8.13. The van der Waals surface area contributed by atoms with Gasteiger partial charge >= 0.3 is 0 Å². The predicted molar refractivity (Wildman–Crippen MR) is 85.0 cm³/mol. The van der Waals surface area contributed by atoms with Gasteiger partial charge in [-0.25, -0.2) is 0 Å². The molecule has 2 nitrogen and oxygen atoms in total. The lowest BCUT2D eigenvalue weighted by atomic mass is 9.62. The minimum Gasteiger partial charge on any atom is -0.496 e. The van der Waals surface area contributed by atoms with E-state index in [0.29, 0.717) is 23.0 Å². The lowest BCUT2D eigenvalue weighted by Gasteiger charge is -2.43. The molecule has 1 saturated carbocycles. The highest BCUT2D eigenvalue weighted by Crippen LogP contribution is 2.49. The Kier molecular flexibility index (Phi) is 3.59. The van der Waals surface area contributed by atoms with Gasteiger partial charge < -0.3 is 4.74 Å². The van der Waals surface area contributed by atoms with Gasteiger partial charge in [0.1, 0.15) is 5.75 Å². The third-order valence-corrected chi connectivity index (χ3v) is 5.78. The summed E-state index contributed by atoms with van der Waals surface area (Å²) in [5, 5.41) is 0. The van der Waals surface area contributed by atoms with Gasteiger partial charge in [-0.2, -0.15) is 0 Å². The minimum absolute atomic E-state index is 0.291. The van der Waals surface area contributed by atoms with Crippen molar-refractivity contribution in [3.8, 4) is 5.75 Å². The molecular formula is C19H26O2. The van der Waals surface area contributed by atoms with Crippen molar-refractivity contribution in [2.24, 2.45) is 17.3 Å². The number of carbonyl (C=O) groups is 1. The lowest BCUT2D eigenvalue weighted by molar-refractivity contribution is 0.0602. The average molecular weight is 286 g/mol. The summed E-state index contributed by atoms with van der Waals surface area (Å²) in [5.74, 6) is 2.41. The Balaban J connectivity index is 2.03. The molecule has 114 valence electrons. The van der Waals surface area contributed by atoms with E-state index in [9.17, 15) is 4.79 Å². The van der Waals surface area contributed by atoms with E-state index in [0.717, 1.165) is 29.7 Å². The number of ether oxygens (including phenoxy) is 1. The smallest absolute Gasteiger partial charge is 0.163 e. The molecule has 1 aromatic rings. The summed E-state index contributed by atoms with van der Waals surface area (Å²) in [4.78, 5) is 12.8. The highest BCUT2D eigenvalue weighted by Gasteiger charge is 2.42. The molecule has 3 rings (SSSR count). The summed E-state index contributed by atoms with van der Waals surface area (Å²) in [7, 11) is 1.71. The fourth-order valence-corrected chi connectivity index (χ4v) is 4.50. The van der Waals surface area contributed by atoms with Gasteiger partial charge in [-0.05, 0) is 66.7 Å². The highest BCUT2D eigenvalue weighted by atomic mass is 16.5. The zero-order valence-corrected chi connectivity index (χ0v) is 13.7. The molecule has 2 heteroatoms. The van der Waals surface area contributed by atoms with Crippen LogP contribution in [0.25, 0.3) is 0 Å². The molecule has 0 aromatic heterocycles. The number of aryl methyl sites for hydroxylation is 1. The zero-order chi connectivity index (χ0) is 15.2. The van der Waals surface area contributed by atoms with Gasteiger partial charge in [0.2, 0.25) is 0 Å². The van der Waals surface area contributed by atoms with E-state index in [1.165, 1.54) is 24.8 Å². The van der Waals surface area contributed by atoms with E-state index in [-0.39, 0.29) is 0 Å². The minimum atomic E-state index is 0.291. The number of hydrogen-bond acceptors (Lipinski definition) is 2. The van der Waals surface area contributed by atoms with Crippen LogP contribution in [-0.2, 0) is 6.42 Å². The van der Waals surface area contributed by atoms with Crippen molar-refractivity contribution in [1.82, 2.24) is 0 Å². The summed E-state index contributed by atoms with van der Waals surface area (Å²) in [6, 6.07) is 4.15. The maximum atomic E-state index is 12.8. The first-order chi connectivity index (χ1) is 9.92. The van der Waals surface area contributed by atoms with Gasteiger partial charge in [-0.3, -0.25) is 4.79 Å². The number of rotatable bonds is 1. The van der Waals surface area contributed by atoms with Gasteiger partial charge in [-0.15, -0.1) is 0 Å². The van der Waals surface area contributed by atoms with Gasteiger partial charge in [0.05, 0.1) is 7.11 Å². The van der Waals surface area contributed by atoms with Crippen LogP contribution in [0.15, 0.2) is 12.1 Å². The molecule has 1 aromatic carbocycles. The molecule has 0 bridgehead atoms. The summed E-state index contributed by atoms with van der Waals surface area (Å²) >= 11 is 0. The van der Waals surface area contributed by atoms with E-state index in [1.807, 2.05) is 13.0 Å². The van der Waals surface area contributed by atoms with Crippen LogP contribution in [0.3, 0.4) is 0 Å². The molecule has 0 aliphatic heterocycles. The topological polar surface area (TPSA) is 26.3 Å². The number of benzene rings is 1. The van der Waals surface area contributed by atoms with Crippen molar-refractivity contribution in [1.29, 1.82) is 0 Å². The van der Waals surface area contributed by atoms with Crippen LogP contribution in [0.5, 0.6) is 5.75 Å². The largest absolute Gasteiger partial charge is 0.496 e. The molecule has 0 heterocycles. The number of hydrogen-bond donors (Lipinski definition) is 0. The third-order valence-electron chi connectivity index (χ3n) is 5.78. The average Bonchev–Trinajstić information content (AvgIpc) is 2.56. The quantitative estimate of drug-likeness (QED) is 0.755. The van der Waals surface area contributed by atoms with Crippen molar-refractivity contribution < 1.29 is 9.53 Å². The molecule has 2 unspecified atom stereocenters. The number of Topliss-reactive ketones (excluding diaryl/α,β-unsaturated/α-hetero) is 1. The summed E-state index contributed by atoms with van der Waals surface area (Å²) in [5.41, 5.74) is 3.50. The maximum absolute atomic E-state index is 12.8. The predicted octanol–water partition coefficient (Wildman–Crippen LogP) is 4.58. The Bertz CT molecular complexity index is 571. The standard InChI is InChI=1S/C19H26O2/c1-12-8-15-14(10-18(12)21-4)9-13-6-5-7-19(2,3)16(13)11-17(15)20/h8,10,13,16H,5-7,9,11H2,1-4H3. The van der Waals surface area contributed by atoms with Gasteiger partial charge in [0.15, 0.2) is 5.78 Å². The van der Waals surface area contributed by atoms with Crippen LogP contribution in [-0.4, -0.2) is 12.9 Å². The zero-order valence-electron chi connectivity index (χ0n) is 13.7. The van der Waals surface area contributed by atoms with Crippen LogP contribution in [0.4, 0.5) is 0 Å². The van der Waals surface area contributed by atoms with E-state index in [2.05, 4.69) is 19.9 Å². The Morgan fingerprint density at radius 3 is 2.71 bits per heavy atom. The van der Waals surface area contributed by atoms with Crippen molar-refractivity contribution in [2.75, 3.05) is 7.11 Å². The van der Waals surface area contributed by atoms with Crippen LogP contribution in [0.1, 0.15) is 61.0 Å². The van der Waals surface area contributed by atoms with Gasteiger partial charge in [-0.1, -0.05) is 20.3 Å². The molecule has 0 radical (unpaired) electrons. The first kappa shape index (κ1) is 14.6. The first-order valence-corrected chi connectivity index (χ1v) is 8.13. The van der Waals surface area contributed by atoms with E-state index in [1.54, 1.807) is 7.11 Å². The Morgan fingerprint density at radius 2 is 2.00 bits per heavy atom. The monoisotopic (exact) mass is 286 g/mol.